The van der Waals surface area contributed by atoms with E-state index in [-0.39, 0.29) is 11.9 Å². The predicted molar refractivity (Wildman–Crippen MR) is 77.8 cm³/mol. The van der Waals surface area contributed by atoms with Gasteiger partial charge >= 0.3 is 0 Å². The fraction of sp³-hybridized carbons (Fsp3) is 0.385. The molecule has 2 aromatic heterocycles. The van der Waals surface area contributed by atoms with Crippen LogP contribution in [0.3, 0.4) is 0 Å². The molecule has 0 aliphatic carbocycles. The van der Waals surface area contributed by atoms with Gasteiger partial charge in [-0.2, -0.15) is 0 Å². The van der Waals surface area contributed by atoms with Crippen LogP contribution in [0.2, 0.25) is 0 Å². The van der Waals surface area contributed by atoms with E-state index in [0.717, 1.165) is 30.9 Å². The van der Waals surface area contributed by atoms with Crippen LogP contribution in [0.4, 0.5) is 10.9 Å². The van der Waals surface area contributed by atoms with E-state index in [2.05, 4.69) is 25.2 Å². The van der Waals surface area contributed by atoms with Gasteiger partial charge in [-0.3, -0.25) is 9.78 Å². The summed E-state index contributed by atoms with van der Waals surface area (Å²) in [5.74, 6) is 0.784. The lowest BCUT2D eigenvalue weighted by molar-refractivity contribution is -0.114. The number of nitrogens with zero attached hydrogens (tertiary/aromatic N) is 4. The summed E-state index contributed by atoms with van der Waals surface area (Å²) in [5.41, 5.74) is 0.988. The molecule has 0 saturated carbocycles. The summed E-state index contributed by atoms with van der Waals surface area (Å²) in [6.45, 7) is 2.44. The molecule has 6 nitrogen and oxygen atoms in total. The maximum atomic E-state index is 11.1. The summed E-state index contributed by atoms with van der Waals surface area (Å²) >= 11 is 1.46. The lowest BCUT2D eigenvalue weighted by Crippen LogP contribution is -2.23. The van der Waals surface area contributed by atoms with Crippen LogP contribution in [-0.2, 0) is 4.79 Å². The fourth-order valence-electron chi connectivity index (χ4n) is 2.44. The Morgan fingerprint density at radius 2 is 2.40 bits per heavy atom. The third-order valence-electron chi connectivity index (χ3n) is 3.24. The molecule has 0 bridgehead atoms. The summed E-state index contributed by atoms with van der Waals surface area (Å²) in [4.78, 5) is 26.3. The molecule has 1 fully saturated rings. The number of hydrogen-bond acceptors (Lipinski definition) is 6. The zero-order valence-electron chi connectivity index (χ0n) is 11.1. The number of anilines is 2. The van der Waals surface area contributed by atoms with Crippen molar-refractivity contribution in [3.63, 3.8) is 0 Å². The standard InChI is InChI=1S/C13H15N5OS/c1-9(19)16-13-17-10(8-20-13)11-3-2-6-18(11)12-7-14-4-5-15-12/h4-5,7-8,11H,2-3,6H2,1H3,(H,16,17,19)/t11-/m1/s1. The largest absolute Gasteiger partial charge is 0.347 e. The Kier molecular flexibility index (Phi) is 3.60. The topological polar surface area (TPSA) is 71.0 Å². The normalized spacial score (nSPS) is 18.2. The van der Waals surface area contributed by atoms with Crippen LogP contribution < -0.4 is 10.2 Å². The second-order valence-corrected chi connectivity index (χ2v) is 5.53. The molecular weight excluding hydrogens is 274 g/mol. The van der Waals surface area contributed by atoms with Gasteiger partial charge in [-0.25, -0.2) is 9.97 Å². The average molecular weight is 289 g/mol. The molecule has 0 unspecified atom stereocenters. The van der Waals surface area contributed by atoms with Crippen molar-refractivity contribution in [2.45, 2.75) is 25.8 Å². The van der Waals surface area contributed by atoms with Gasteiger partial charge in [-0.1, -0.05) is 0 Å². The Bertz CT molecular complexity index is 600. The van der Waals surface area contributed by atoms with E-state index >= 15 is 0 Å². The van der Waals surface area contributed by atoms with Gasteiger partial charge in [0.05, 0.1) is 17.9 Å². The molecule has 1 atom stereocenters. The highest BCUT2D eigenvalue weighted by Crippen LogP contribution is 2.35. The fourth-order valence-corrected chi connectivity index (χ4v) is 3.24. The monoisotopic (exact) mass is 289 g/mol. The Hall–Kier alpha value is -2.02. The van der Waals surface area contributed by atoms with Crippen molar-refractivity contribution in [3.05, 3.63) is 29.7 Å². The van der Waals surface area contributed by atoms with Crippen LogP contribution in [0.5, 0.6) is 0 Å². The Morgan fingerprint density at radius 1 is 1.50 bits per heavy atom. The maximum absolute atomic E-state index is 11.1. The molecule has 20 heavy (non-hydrogen) atoms. The van der Waals surface area contributed by atoms with Gasteiger partial charge in [-0.15, -0.1) is 11.3 Å². The molecule has 2 aromatic rings. The number of amides is 1. The SMILES string of the molecule is CC(=O)Nc1nc([C@H]2CCCN2c2cnccn2)cs1. The number of hydrogen-bond donors (Lipinski definition) is 1. The van der Waals surface area contributed by atoms with Crippen LogP contribution in [0, 0.1) is 0 Å². The van der Waals surface area contributed by atoms with E-state index in [0.29, 0.717) is 5.13 Å². The van der Waals surface area contributed by atoms with Crippen molar-refractivity contribution >= 4 is 28.2 Å². The number of aromatic nitrogens is 3. The smallest absolute Gasteiger partial charge is 0.223 e. The molecule has 1 N–H and O–H groups in total. The molecule has 0 spiro atoms. The van der Waals surface area contributed by atoms with Gasteiger partial charge in [-0.05, 0) is 12.8 Å². The first kappa shape index (κ1) is 13.0. The molecule has 0 radical (unpaired) electrons. The average Bonchev–Trinajstić information content (AvgIpc) is 3.07. The van der Waals surface area contributed by atoms with Crippen LogP contribution in [0.1, 0.15) is 31.5 Å². The van der Waals surface area contributed by atoms with Crippen molar-refractivity contribution in [1.29, 1.82) is 0 Å². The molecule has 3 heterocycles. The number of nitrogens with one attached hydrogen (secondary N) is 1. The van der Waals surface area contributed by atoms with Gasteiger partial charge < -0.3 is 10.2 Å². The molecule has 1 aliphatic heterocycles. The van der Waals surface area contributed by atoms with Gasteiger partial charge in [0.25, 0.3) is 0 Å². The molecule has 0 aromatic carbocycles. The summed E-state index contributed by atoms with van der Waals surface area (Å²) in [6.07, 6.45) is 7.30. The zero-order chi connectivity index (χ0) is 13.9. The molecule has 3 rings (SSSR count). The van der Waals surface area contributed by atoms with Gasteiger partial charge in [0.15, 0.2) is 5.13 Å². The quantitative estimate of drug-likeness (QED) is 0.938. The van der Waals surface area contributed by atoms with Crippen molar-refractivity contribution in [2.24, 2.45) is 0 Å². The Balaban J connectivity index is 1.82. The molecule has 1 aliphatic rings. The molecular formula is C13H15N5OS. The minimum absolute atomic E-state index is 0.0943. The third-order valence-corrected chi connectivity index (χ3v) is 4.02. The maximum Gasteiger partial charge on any atom is 0.223 e. The minimum atomic E-state index is -0.0943. The molecule has 1 amide bonds. The van der Waals surface area contributed by atoms with Crippen molar-refractivity contribution in [1.82, 2.24) is 15.0 Å². The lowest BCUT2D eigenvalue weighted by atomic mass is 10.2. The summed E-state index contributed by atoms with van der Waals surface area (Å²) in [6, 6.07) is 0.213. The van der Waals surface area contributed by atoms with E-state index in [4.69, 9.17) is 0 Å². The highest BCUT2D eigenvalue weighted by atomic mass is 32.1. The van der Waals surface area contributed by atoms with Crippen molar-refractivity contribution in [2.75, 3.05) is 16.8 Å². The summed E-state index contributed by atoms with van der Waals surface area (Å²) in [5, 5.41) is 5.38. The highest BCUT2D eigenvalue weighted by Gasteiger charge is 2.29. The number of thiazole rings is 1. The van der Waals surface area contributed by atoms with E-state index in [9.17, 15) is 4.79 Å². The summed E-state index contributed by atoms with van der Waals surface area (Å²) in [7, 11) is 0. The Morgan fingerprint density at radius 3 is 3.15 bits per heavy atom. The number of rotatable bonds is 3. The van der Waals surface area contributed by atoms with E-state index in [1.54, 1.807) is 18.6 Å². The zero-order valence-corrected chi connectivity index (χ0v) is 11.9. The van der Waals surface area contributed by atoms with Crippen LogP contribution >= 0.6 is 11.3 Å². The first-order chi connectivity index (χ1) is 9.74. The lowest BCUT2D eigenvalue weighted by Gasteiger charge is -2.23. The van der Waals surface area contributed by atoms with E-state index in [1.165, 1.54) is 18.3 Å². The summed E-state index contributed by atoms with van der Waals surface area (Å²) < 4.78 is 0. The van der Waals surface area contributed by atoms with E-state index < -0.39 is 0 Å². The van der Waals surface area contributed by atoms with Crippen LogP contribution in [0.15, 0.2) is 24.0 Å². The first-order valence-corrected chi connectivity index (χ1v) is 7.37. The van der Waals surface area contributed by atoms with E-state index in [1.807, 2.05) is 5.38 Å². The molecule has 1 saturated heterocycles. The van der Waals surface area contributed by atoms with Gasteiger partial charge in [0, 0.05) is 31.2 Å². The van der Waals surface area contributed by atoms with Crippen LogP contribution in [0.25, 0.3) is 0 Å². The van der Waals surface area contributed by atoms with Crippen LogP contribution in [-0.4, -0.2) is 27.4 Å². The van der Waals surface area contributed by atoms with Crippen molar-refractivity contribution in [3.8, 4) is 0 Å². The second-order valence-electron chi connectivity index (χ2n) is 4.67. The highest BCUT2D eigenvalue weighted by molar-refractivity contribution is 7.13. The third kappa shape index (κ3) is 2.62. The predicted octanol–water partition coefficient (Wildman–Crippen LogP) is 2.23. The van der Waals surface area contributed by atoms with Gasteiger partial charge in [0.1, 0.15) is 5.82 Å². The van der Waals surface area contributed by atoms with Gasteiger partial charge in [0.2, 0.25) is 5.91 Å². The number of carbonyl (C=O) groups is 1. The second kappa shape index (κ2) is 5.54. The molecule has 7 heteroatoms. The van der Waals surface area contributed by atoms with Crippen molar-refractivity contribution < 1.29 is 4.79 Å². The Labute approximate surface area is 120 Å². The minimum Gasteiger partial charge on any atom is -0.347 e. The molecule has 104 valence electrons. The number of carbonyl (C=O) groups excluding carboxylic acids is 1. The first-order valence-electron chi connectivity index (χ1n) is 6.50.